The number of ketones is 1. The van der Waals surface area contributed by atoms with Crippen molar-refractivity contribution in [2.75, 3.05) is 12.4 Å². The number of carbonyl (C=O) groups is 2. The fraction of sp³-hybridized carbons (Fsp3) is 0.176. The Labute approximate surface area is 138 Å². The molecule has 0 spiro atoms. The molecule has 0 atom stereocenters. The number of anilines is 1. The van der Waals surface area contributed by atoms with Crippen LogP contribution in [0.25, 0.3) is 11.0 Å². The lowest BCUT2D eigenvalue weighted by molar-refractivity contribution is 0.0997. The van der Waals surface area contributed by atoms with Crippen LogP contribution in [0.5, 0.6) is 5.75 Å². The highest BCUT2D eigenvalue weighted by atomic mass is 16.5. The van der Waals surface area contributed by atoms with Gasteiger partial charge in [0.05, 0.1) is 18.2 Å². The van der Waals surface area contributed by atoms with Crippen molar-refractivity contribution in [1.82, 2.24) is 14.5 Å². The number of amides is 1. The first-order valence-corrected chi connectivity index (χ1v) is 7.28. The topological polar surface area (TPSA) is 86.1 Å². The van der Waals surface area contributed by atoms with Gasteiger partial charge in [-0.1, -0.05) is 0 Å². The van der Waals surface area contributed by atoms with Gasteiger partial charge in [0, 0.05) is 32.1 Å². The van der Waals surface area contributed by atoms with E-state index in [9.17, 15) is 9.59 Å². The van der Waals surface area contributed by atoms with Gasteiger partial charge in [0.1, 0.15) is 11.3 Å². The van der Waals surface area contributed by atoms with E-state index in [1.807, 2.05) is 0 Å². The minimum atomic E-state index is -0.299. The summed E-state index contributed by atoms with van der Waals surface area (Å²) < 4.78 is 6.91. The zero-order chi connectivity index (χ0) is 17.3. The zero-order valence-electron chi connectivity index (χ0n) is 13.5. The van der Waals surface area contributed by atoms with Crippen LogP contribution in [0, 0.1) is 0 Å². The molecule has 0 radical (unpaired) electrons. The van der Waals surface area contributed by atoms with Crippen LogP contribution in [-0.4, -0.2) is 33.3 Å². The van der Waals surface area contributed by atoms with Crippen molar-refractivity contribution in [2.45, 2.75) is 6.92 Å². The molecule has 0 saturated carbocycles. The van der Waals surface area contributed by atoms with Gasteiger partial charge in [0.15, 0.2) is 11.6 Å². The molecule has 0 saturated heterocycles. The molecular weight excluding hydrogens is 308 g/mol. The Bertz CT molecular complexity index is 932. The smallest absolute Gasteiger partial charge is 0.257 e. The van der Waals surface area contributed by atoms with E-state index in [0.717, 1.165) is 0 Å². The van der Waals surface area contributed by atoms with Crippen molar-refractivity contribution in [3.05, 3.63) is 48.0 Å². The number of aromatic nitrogens is 3. The van der Waals surface area contributed by atoms with Crippen molar-refractivity contribution in [2.24, 2.45) is 7.05 Å². The number of hydrogen-bond donors (Lipinski definition) is 1. The molecule has 0 bridgehead atoms. The second-order valence-electron chi connectivity index (χ2n) is 5.25. The Morgan fingerprint density at radius 1 is 1.17 bits per heavy atom. The van der Waals surface area contributed by atoms with Crippen molar-refractivity contribution in [3.8, 4) is 5.75 Å². The molecule has 1 aromatic carbocycles. The van der Waals surface area contributed by atoms with Crippen LogP contribution >= 0.6 is 0 Å². The number of rotatable bonds is 4. The van der Waals surface area contributed by atoms with Gasteiger partial charge in [-0.25, -0.2) is 4.98 Å². The predicted molar refractivity (Wildman–Crippen MR) is 89.5 cm³/mol. The van der Waals surface area contributed by atoms with Crippen molar-refractivity contribution >= 4 is 28.4 Å². The average Bonchev–Trinajstić information content (AvgIpc) is 2.93. The number of aryl methyl sites for hydroxylation is 1. The Morgan fingerprint density at radius 3 is 2.50 bits per heavy atom. The van der Waals surface area contributed by atoms with Crippen LogP contribution in [0.1, 0.15) is 27.9 Å². The third kappa shape index (κ3) is 2.60. The number of methoxy groups -OCH3 is 1. The first-order valence-electron chi connectivity index (χ1n) is 7.28. The minimum Gasteiger partial charge on any atom is -0.494 e. The summed E-state index contributed by atoms with van der Waals surface area (Å²) in [6, 6.07) is 6.72. The summed E-state index contributed by atoms with van der Waals surface area (Å²) in [5.74, 6) is 0.296. The zero-order valence-corrected chi connectivity index (χ0v) is 13.5. The van der Waals surface area contributed by atoms with Crippen molar-refractivity contribution < 1.29 is 14.3 Å². The molecule has 0 aliphatic heterocycles. The molecule has 0 unspecified atom stereocenters. The lowest BCUT2D eigenvalue weighted by atomic mass is 10.1. The predicted octanol–water partition coefficient (Wildman–Crippen LogP) is 2.43. The van der Waals surface area contributed by atoms with Crippen LogP contribution in [-0.2, 0) is 7.05 Å². The first kappa shape index (κ1) is 15.7. The summed E-state index contributed by atoms with van der Waals surface area (Å²) in [6.07, 6.45) is 3.19. The van der Waals surface area contributed by atoms with Gasteiger partial charge in [-0.15, -0.1) is 0 Å². The van der Waals surface area contributed by atoms with Crippen LogP contribution in [0.2, 0.25) is 0 Å². The number of pyridine rings is 1. The number of Topliss-reactive ketones (excluding diaryl/α,β-unsaturated/α-hetero) is 1. The number of imidazole rings is 1. The van der Waals surface area contributed by atoms with Crippen molar-refractivity contribution in [3.63, 3.8) is 0 Å². The highest BCUT2D eigenvalue weighted by Crippen LogP contribution is 2.29. The summed E-state index contributed by atoms with van der Waals surface area (Å²) in [4.78, 5) is 32.7. The number of hydrogen-bond acceptors (Lipinski definition) is 5. The maximum absolute atomic E-state index is 12.7. The standard InChI is InChI=1S/C17H16N4O3/c1-10(22)16-20-14-13(24-3)5-4-12(15(14)21(16)2)17(23)19-11-6-8-18-9-7-11/h4-9H,1-3H3,(H,18,19,23). The van der Waals surface area contributed by atoms with Crippen LogP contribution in [0.4, 0.5) is 5.69 Å². The number of fused-ring (bicyclic) bond motifs is 1. The summed E-state index contributed by atoms with van der Waals surface area (Å²) in [7, 11) is 3.22. The average molecular weight is 324 g/mol. The monoisotopic (exact) mass is 324 g/mol. The van der Waals surface area contributed by atoms with Gasteiger partial charge in [0.2, 0.25) is 0 Å². The number of carbonyl (C=O) groups excluding carboxylic acids is 2. The van der Waals surface area contributed by atoms with E-state index in [2.05, 4.69) is 15.3 Å². The van der Waals surface area contributed by atoms with Crippen LogP contribution in [0.15, 0.2) is 36.7 Å². The molecule has 3 rings (SSSR count). The number of benzene rings is 1. The Kier molecular flexibility index (Phi) is 3.99. The molecule has 7 heteroatoms. The second-order valence-corrected chi connectivity index (χ2v) is 5.25. The molecule has 122 valence electrons. The maximum atomic E-state index is 12.7. The second kappa shape index (κ2) is 6.11. The maximum Gasteiger partial charge on any atom is 0.257 e. The lowest BCUT2D eigenvalue weighted by Gasteiger charge is -2.09. The van der Waals surface area contributed by atoms with E-state index >= 15 is 0 Å². The SMILES string of the molecule is COc1ccc(C(=O)Nc2ccncc2)c2c1nc(C(C)=O)n2C. The first-order chi connectivity index (χ1) is 11.5. The summed E-state index contributed by atoms with van der Waals surface area (Å²) >= 11 is 0. The Balaban J connectivity index is 2.14. The van der Waals surface area contributed by atoms with E-state index in [-0.39, 0.29) is 17.5 Å². The fourth-order valence-electron chi connectivity index (χ4n) is 2.59. The van der Waals surface area contributed by atoms with Gasteiger partial charge in [-0.05, 0) is 24.3 Å². The van der Waals surface area contributed by atoms with Gasteiger partial charge in [0.25, 0.3) is 5.91 Å². The molecule has 0 fully saturated rings. The molecular formula is C17H16N4O3. The molecule has 0 aliphatic carbocycles. The number of nitrogens with zero attached hydrogens (tertiary/aromatic N) is 3. The Morgan fingerprint density at radius 2 is 1.88 bits per heavy atom. The third-order valence-electron chi connectivity index (χ3n) is 3.70. The largest absolute Gasteiger partial charge is 0.494 e. The summed E-state index contributed by atoms with van der Waals surface area (Å²) in [6.45, 7) is 1.43. The van der Waals surface area contributed by atoms with Gasteiger partial charge >= 0.3 is 0 Å². The highest BCUT2D eigenvalue weighted by molar-refractivity contribution is 6.13. The van der Waals surface area contributed by atoms with E-state index in [1.165, 1.54) is 14.0 Å². The van der Waals surface area contributed by atoms with E-state index in [0.29, 0.717) is 28.0 Å². The fourth-order valence-corrected chi connectivity index (χ4v) is 2.59. The summed E-state index contributed by atoms with van der Waals surface area (Å²) in [5.41, 5.74) is 2.07. The quantitative estimate of drug-likeness (QED) is 0.745. The van der Waals surface area contributed by atoms with Crippen LogP contribution in [0.3, 0.4) is 0 Å². The van der Waals surface area contributed by atoms with Crippen molar-refractivity contribution in [1.29, 1.82) is 0 Å². The van der Waals surface area contributed by atoms with Gasteiger partial charge in [-0.2, -0.15) is 0 Å². The normalized spacial score (nSPS) is 10.6. The molecule has 2 heterocycles. The van der Waals surface area contributed by atoms with Gasteiger partial charge in [-0.3, -0.25) is 14.6 Å². The molecule has 0 aliphatic rings. The van der Waals surface area contributed by atoms with Crippen LogP contribution < -0.4 is 10.1 Å². The molecule has 3 aromatic rings. The number of ether oxygens (including phenoxy) is 1. The molecule has 1 N–H and O–H groups in total. The van der Waals surface area contributed by atoms with E-state index < -0.39 is 0 Å². The molecule has 2 aromatic heterocycles. The molecule has 1 amide bonds. The third-order valence-corrected chi connectivity index (χ3v) is 3.70. The Hall–Kier alpha value is -3.22. The molecule has 24 heavy (non-hydrogen) atoms. The lowest BCUT2D eigenvalue weighted by Crippen LogP contribution is -2.14. The van der Waals surface area contributed by atoms with Gasteiger partial charge < -0.3 is 14.6 Å². The highest BCUT2D eigenvalue weighted by Gasteiger charge is 2.21. The summed E-state index contributed by atoms with van der Waals surface area (Å²) in [5, 5.41) is 2.81. The van der Waals surface area contributed by atoms with E-state index in [1.54, 1.807) is 48.3 Å². The number of nitrogens with one attached hydrogen (secondary N) is 1. The molecule has 7 nitrogen and oxygen atoms in total. The van der Waals surface area contributed by atoms with E-state index in [4.69, 9.17) is 4.74 Å². The minimum absolute atomic E-state index is 0.184.